The van der Waals surface area contributed by atoms with E-state index in [1.54, 1.807) is 0 Å². The first kappa shape index (κ1) is 21.4. The molecule has 1 aromatic rings. The molecule has 10 nitrogen and oxygen atoms in total. The van der Waals surface area contributed by atoms with Gasteiger partial charge < -0.3 is 10.1 Å². The first-order chi connectivity index (χ1) is 14.2. The van der Waals surface area contributed by atoms with Gasteiger partial charge in [0.25, 0.3) is 11.6 Å². The van der Waals surface area contributed by atoms with Gasteiger partial charge in [-0.3, -0.25) is 29.4 Å². The van der Waals surface area contributed by atoms with Crippen molar-refractivity contribution in [3.05, 3.63) is 34.4 Å². The van der Waals surface area contributed by atoms with Crippen LogP contribution in [0.2, 0.25) is 0 Å². The molecule has 30 heavy (non-hydrogen) atoms. The van der Waals surface area contributed by atoms with Gasteiger partial charge in [0.2, 0.25) is 11.8 Å². The molecule has 1 aliphatic heterocycles. The molecule has 3 rings (SSSR count). The molecule has 160 valence electrons. The molecule has 1 aliphatic carbocycles. The highest BCUT2D eigenvalue weighted by atomic mass is 16.6. The maximum Gasteiger partial charge on any atom is 0.329 e. The van der Waals surface area contributed by atoms with E-state index >= 15 is 0 Å². The Hall–Kier alpha value is -3.30. The number of nitrogens with one attached hydrogen (secondary N) is 1. The largest absolute Gasteiger partial charge is 0.451 e. The van der Waals surface area contributed by atoms with E-state index in [0.717, 1.165) is 17.7 Å². The number of carbonyl (C=O) groups excluding carboxylic acids is 4. The third kappa shape index (κ3) is 4.03. The lowest BCUT2D eigenvalue weighted by Gasteiger charge is -2.23. The van der Waals surface area contributed by atoms with Crippen molar-refractivity contribution in [3.63, 3.8) is 0 Å². The van der Waals surface area contributed by atoms with Crippen molar-refractivity contribution in [2.45, 2.75) is 51.7 Å². The number of para-hydroxylation sites is 2. The average Bonchev–Trinajstić information content (AvgIpc) is 2.98. The van der Waals surface area contributed by atoms with Crippen LogP contribution in [0, 0.1) is 22.0 Å². The summed E-state index contributed by atoms with van der Waals surface area (Å²) in [6.45, 7) is 2.70. The van der Waals surface area contributed by atoms with E-state index in [1.807, 2.05) is 0 Å². The first-order valence-electron chi connectivity index (χ1n) is 9.84. The average molecular weight is 417 g/mol. The van der Waals surface area contributed by atoms with E-state index in [9.17, 15) is 29.3 Å². The first-order valence-corrected chi connectivity index (χ1v) is 9.84. The molecule has 0 aromatic heterocycles. The lowest BCUT2D eigenvalue weighted by atomic mass is 9.81. The van der Waals surface area contributed by atoms with Crippen LogP contribution in [-0.2, 0) is 23.9 Å². The van der Waals surface area contributed by atoms with Crippen LogP contribution in [0.1, 0.15) is 39.5 Å². The number of rotatable bonds is 6. The van der Waals surface area contributed by atoms with Gasteiger partial charge in [-0.1, -0.05) is 25.0 Å². The summed E-state index contributed by atoms with van der Waals surface area (Å²) in [4.78, 5) is 61.4. The van der Waals surface area contributed by atoms with Gasteiger partial charge in [-0.25, -0.2) is 4.79 Å². The Bertz CT molecular complexity index is 876. The fourth-order valence-electron chi connectivity index (χ4n) is 3.97. The van der Waals surface area contributed by atoms with Crippen molar-refractivity contribution in [3.8, 4) is 0 Å². The number of hydrogen-bond acceptors (Lipinski definition) is 7. The number of nitro groups is 1. The fraction of sp³-hybridized carbons (Fsp3) is 0.500. The number of hydrogen-bond donors (Lipinski definition) is 1. The minimum Gasteiger partial charge on any atom is -0.451 e. The molecule has 1 saturated carbocycles. The van der Waals surface area contributed by atoms with E-state index < -0.39 is 28.9 Å². The number of carbonyl (C=O) groups is 4. The number of fused-ring (bicyclic) bond motifs is 1. The van der Waals surface area contributed by atoms with E-state index in [1.165, 1.54) is 38.1 Å². The zero-order valence-corrected chi connectivity index (χ0v) is 16.7. The monoisotopic (exact) mass is 417 g/mol. The van der Waals surface area contributed by atoms with Gasteiger partial charge in [0.05, 0.1) is 16.8 Å². The summed E-state index contributed by atoms with van der Waals surface area (Å²) in [6.07, 6.45) is 1.71. The van der Waals surface area contributed by atoms with E-state index in [0.29, 0.717) is 12.8 Å². The number of imide groups is 1. The molecular weight excluding hydrogens is 394 g/mol. The Morgan fingerprint density at radius 1 is 1.13 bits per heavy atom. The molecule has 1 N–H and O–H groups in total. The molecule has 0 spiro atoms. The number of nitro benzene ring substituents is 1. The summed E-state index contributed by atoms with van der Waals surface area (Å²) < 4.78 is 5.14. The van der Waals surface area contributed by atoms with Crippen molar-refractivity contribution < 1.29 is 28.8 Å². The van der Waals surface area contributed by atoms with Crippen LogP contribution >= 0.6 is 0 Å². The summed E-state index contributed by atoms with van der Waals surface area (Å²) in [6, 6.07) is 4.41. The van der Waals surface area contributed by atoms with Crippen LogP contribution in [-0.4, -0.2) is 45.7 Å². The molecule has 0 bridgehead atoms. The second kappa shape index (κ2) is 8.60. The molecule has 4 atom stereocenters. The van der Waals surface area contributed by atoms with Crippen LogP contribution in [0.15, 0.2) is 24.3 Å². The molecule has 0 radical (unpaired) electrons. The number of anilines is 1. The van der Waals surface area contributed by atoms with Crippen molar-refractivity contribution in [1.29, 1.82) is 0 Å². The normalized spacial score (nSPS) is 22.8. The predicted molar refractivity (Wildman–Crippen MR) is 104 cm³/mol. The predicted octanol–water partition coefficient (Wildman–Crippen LogP) is 2.03. The van der Waals surface area contributed by atoms with Crippen LogP contribution in [0.5, 0.6) is 0 Å². The van der Waals surface area contributed by atoms with Crippen LogP contribution < -0.4 is 5.32 Å². The Morgan fingerprint density at radius 2 is 1.70 bits per heavy atom. The van der Waals surface area contributed by atoms with Crippen molar-refractivity contribution in [2.75, 3.05) is 5.32 Å². The zero-order valence-electron chi connectivity index (χ0n) is 16.7. The zero-order chi connectivity index (χ0) is 22.0. The molecule has 3 amide bonds. The Kier molecular flexibility index (Phi) is 6.14. The molecule has 2 aliphatic rings. The van der Waals surface area contributed by atoms with Gasteiger partial charge in [-0.05, 0) is 32.8 Å². The minimum absolute atomic E-state index is 0.0302. The van der Waals surface area contributed by atoms with Crippen molar-refractivity contribution in [2.24, 2.45) is 11.8 Å². The number of amides is 3. The lowest BCUT2D eigenvalue weighted by molar-refractivity contribution is -0.383. The molecule has 2 fully saturated rings. The van der Waals surface area contributed by atoms with E-state index in [-0.39, 0.29) is 35.0 Å². The second-order valence-electron chi connectivity index (χ2n) is 7.56. The molecular formula is C20H23N3O7. The van der Waals surface area contributed by atoms with Gasteiger partial charge in [-0.15, -0.1) is 0 Å². The summed E-state index contributed by atoms with van der Waals surface area (Å²) >= 11 is 0. The van der Waals surface area contributed by atoms with E-state index in [4.69, 9.17) is 4.74 Å². The molecule has 1 heterocycles. The highest BCUT2D eigenvalue weighted by molar-refractivity contribution is 6.08. The van der Waals surface area contributed by atoms with Gasteiger partial charge in [0, 0.05) is 6.07 Å². The Morgan fingerprint density at radius 3 is 2.27 bits per heavy atom. The Balaban J connectivity index is 1.64. The number of nitrogens with zero attached hydrogens (tertiary/aromatic N) is 2. The Labute approximate surface area is 172 Å². The van der Waals surface area contributed by atoms with Gasteiger partial charge in [0.1, 0.15) is 11.7 Å². The van der Waals surface area contributed by atoms with Gasteiger partial charge >= 0.3 is 5.97 Å². The minimum atomic E-state index is -1.28. The summed E-state index contributed by atoms with van der Waals surface area (Å²) in [5, 5.41) is 13.4. The topological polar surface area (TPSA) is 136 Å². The van der Waals surface area contributed by atoms with Crippen molar-refractivity contribution in [1.82, 2.24) is 4.90 Å². The quantitative estimate of drug-likeness (QED) is 0.324. The van der Waals surface area contributed by atoms with Crippen LogP contribution in [0.25, 0.3) is 0 Å². The number of esters is 1. The number of ether oxygens (including phenoxy) is 1. The van der Waals surface area contributed by atoms with Crippen LogP contribution in [0.4, 0.5) is 11.4 Å². The molecule has 0 unspecified atom stereocenters. The van der Waals surface area contributed by atoms with Gasteiger partial charge in [-0.2, -0.15) is 0 Å². The number of benzene rings is 1. The maximum atomic E-state index is 12.6. The number of likely N-dealkylation sites (tertiary alicyclic amines) is 1. The van der Waals surface area contributed by atoms with Crippen LogP contribution in [0.3, 0.4) is 0 Å². The summed E-state index contributed by atoms with van der Waals surface area (Å²) in [7, 11) is 0. The highest BCUT2D eigenvalue weighted by Crippen LogP contribution is 2.39. The van der Waals surface area contributed by atoms with Gasteiger partial charge in [0.15, 0.2) is 6.10 Å². The summed E-state index contributed by atoms with van der Waals surface area (Å²) in [5.41, 5.74) is -0.328. The lowest BCUT2D eigenvalue weighted by Crippen LogP contribution is -2.46. The fourth-order valence-corrected chi connectivity index (χ4v) is 3.97. The third-order valence-corrected chi connectivity index (χ3v) is 5.62. The van der Waals surface area contributed by atoms with E-state index in [2.05, 4.69) is 5.32 Å². The molecule has 10 heteroatoms. The maximum absolute atomic E-state index is 12.6. The third-order valence-electron chi connectivity index (χ3n) is 5.62. The standard InChI is InChI=1S/C20H23N3O7/c1-11(22-18(25)13-7-3-4-8-14(13)19(22)26)20(27)30-12(2)17(24)21-15-9-5-6-10-16(15)23(28)29/h5-6,9-14H,3-4,7-8H2,1-2H3,(H,21,24)/t11-,12+,13-,14-/m0/s1. The SMILES string of the molecule is C[C@@H](OC(=O)[C@H](C)N1C(=O)[C@H]2CCCC[C@@H]2C1=O)C(=O)Nc1ccccc1[N+](=O)[O-]. The highest BCUT2D eigenvalue weighted by Gasteiger charge is 2.51. The smallest absolute Gasteiger partial charge is 0.329 e. The molecule has 1 aromatic carbocycles. The summed E-state index contributed by atoms with van der Waals surface area (Å²) in [5.74, 6) is -3.17. The molecule has 1 saturated heterocycles. The second-order valence-corrected chi connectivity index (χ2v) is 7.56. The van der Waals surface area contributed by atoms with Crippen molar-refractivity contribution >= 4 is 35.1 Å².